The zero-order valence-corrected chi connectivity index (χ0v) is 15.5. The first-order chi connectivity index (χ1) is 12.2. The molecule has 9 heteroatoms. The average Bonchev–Trinajstić information content (AvgIpc) is 2.92. The fraction of sp³-hybridized carbons (Fsp3) is 0.765. The standard InChI is InChI=1S/C17H26N4O5/c1-17(2,3)26-16(24)19-12-5-7-21(14(12)22)13(4-6-18)15(23)20-8-10-25-11-9-20/h12-13H,4-5,7-11H2,1-3H3,(H,19,24)/t12-,13-/m0/s1. The minimum Gasteiger partial charge on any atom is -0.444 e. The summed E-state index contributed by atoms with van der Waals surface area (Å²) < 4.78 is 10.4. The Balaban J connectivity index is 2.01. The second-order valence-corrected chi connectivity index (χ2v) is 7.33. The summed E-state index contributed by atoms with van der Waals surface area (Å²) in [7, 11) is 0. The summed E-state index contributed by atoms with van der Waals surface area (Å²) in [4.78, 5) is 40.3. The highest BCUT2D eigenvalue weighted by Gasteiger charge is 2.41. The Morgan fingerprint density at radius 2 is 2.00 bits per heavy atom. The van der Waals surface area contributed by atoms with Gasteiger partial charge in [-0.05, 0) is 27.2 Å². The molecule has 2 fully saturated rings. The smallest absolute Gasteiger partial charge is 0.408 e. The van der Waals surface area contributed by atoms with E-state index in [4.69, 9.17) is 14.7 Å². The first-order valence-electron chi connectivity index (χ1n) is 8.76. The van der Waals surface area contributed by atoms with Gasteiger partial charge in [0.25, 0.3) is 0 Å². The van der Waals surface area contributed by atoms with Crippen molar-refractivity contribution in [2.75, 3.05) is 32.8 Å². The van der Waals surface area contributed by atoms with E-state index in [2.05, 4.69) is 5.32 Å². The fourth-order valence-corrected chi connectivity index (χ4v) is 3.01. The van der Waals surface area contributed by atoms with E-state index in [-0.39, 0.29) is 18.2 Å². The van der Waals surface area contributed by atoms with Gasteiger partial charge in [0.2, 0.25) is 11.8 Å². The molecular weight excluding hydrogens is 340 g/mol. The summed E-state index contributed by atoms with van der Waals surface area (Å²) >= 11 is 0. The van der Waals surface area contributed by atoms with Crippen molar-refractivity contribution in [3.8, 4) is 6.07 Å². The van der Waals surface area contributed by atoms with Gasteiger partial charge in [0, 0.05) is 19.6 Å². The highest BCUT2D eigenvalue weighted by atomic mass is 16.6. The number of morpholine rings is 1. The Hall–Kier alpha value is -2.34. The van der Waals surface area contributed by atoms with Crippen LogP contribution in [0, 0.1) is 11.3 Å². The van der Waals surface area contributed by atoms with Crippen molar-refractivity contribution in [1.29, 1.82) is 5.26 Å². The van der Waals surface area contributed by atoms with Crippen LogP contribution in [0.1, 0.15) is 33.6 Å². The molecule has 2 atom stereocenters. The third-order valence-corrected chi connectivity index (χ3v) is 4.20. The van der Waals surface area contributed by atoms with Gasteiger partial charge in [-0.1, -0.05) is 0 Å². The summed E-state index contributed by atoms with van der Waals surface area (Å²) in [5.74, 6) is -0.612. The Morgan fingerprint density at radius 3 is 2.58 bits per heavy atom. The highest BCUT2D eigenvalue weighted by molar-refractivity contribution is 5.93. The van der Waals surface area contributed by atoms with Gasteiger partial charge in [0.15, 0.2) is 0 Å². The largest absolute Gasteiger partial charge is 0.444 e. The number of rotatable bonds is 4. The van der Waals surface area contributed by atoms with E-state index in [1.165, 1.54) is 4.90 Å². The molecule has 2 saturated heterocycles. The van der Waals surface area contributed by atoms with Crippen molar-refractivity contribution in [3.05, 3.63) is 0 Å². The number of nitriles is 1. The number of nitrogens with zero attached hydrogens (tertiary/aromatic N) is 3. The second-order valence-electron chi connectivity index (χ2n) is 7.33. The molecule has 2 aliphatic heterocycles. The SMILES string of the molecule is CC(C)(C)OC(=O)N[C@H]1CCN([C@@H](CC#N)C(=O)N2CCOCC2)C1=O. The van der Waals surface area contributed by atoms with Crippen LogP contribution in [0.5, 0.6) is 0 Å². The molecule has 0 unspecified atom stereocenters. The monoisotopic (exact) mass is 366 g/mol. The van der Waals surface area contributed by atoms with Crippen LogP contribution in [0.4, 0.5) is 4.79 Å². The van der Waals surface area contributed by atoms with Crippen LogP contribution in [0.2, 0.25) is 0 Å². The van der Waals surface area contributed by atoms with Crippen LogP contribution in [-0.2, 0) is 19.1 Å². The van der Waals surface area contributed by atoms with Gasteiger partial charge >= 0.3 is 6.09 Å². The van der Waals surface area contributed by atoms with E-state index in [1.807, 2.05) is 6.07 Å². The average molecular weight is 366 g/mol. The molecule has 0 aromatic carbocycles. The predicted molar refractivity (Wildman–Crippen MR) is 90.9 cm³/mol. The molecular formula is C17H26N4O5. The zero-order chi connectivity index (χ0) is 19.3. The topological polar surface area (TPSA) is 112 Å². The summed E-state index contributed by atoms with van der Waals surface area (Å²) in [6.07, 6.45) is -0.383. The molecule has 9 nitrogen and oxygen atoms in total. The summed E-state index contributed by atoms with van der Waals surface area (Å²) in [6, 6.07) is 0.404. The molecule has 0 saturated carbocycles. The molecule has 0 aromatic rings. The normalized spacial score (nSPS) is 21.9. The van der Waals surface area contributed by atoms with Gasteiger partial charge in [0.1, 0.15) is 17.7 Å². The van der Waals surface area contributed by atoms with Crippen molar-refractivity contribution < 1.29 is 23.9 Å². The minimum absolute atomic E-state index is 0.0823. The Kier molecular flexibility index (Phi) is 6.42. The highest BCUT2D eigenvalue weighted by Crippen LogP contribution is 2.19. The van der Waals surface area contributed by atoms with Crippen LogP contribution < -0.4 is 5.32 Å². The van der Waals surface area contributed by atoms with E-state index in [9.17, 15) is 14.4 Å². The first-order valence-corrected chi connectivity index (χ1v) is 8.76. The second kappa shape index (κ2) is 8.36. The van der Waals surface area contributed by atoms with Crippen LogP contribution >= 0.6 is 0 Å². The van der Waals surface area contributed by atoms with Crippen molar-refractivity contribution in [2.24, 2.45) is 0 Å². The molecule has 144 valence electrons. The summed E-state index contributed by atoms with van der Waals surface area (Å²) in [5.41, 5.74) is -0.666. The van der Waals surface area contributed by atoms with Crippen LogP contribution in [0.3, 0.4) is 0 Å². The molecule has 26 heavy (non-hydrogen) atoms. The molecule has 0 spiro atoms. The number of carbonyl (C=O) groups excluding carboxylic acids is 3. The lowest BCUT2D eigenvalue weighted by molar-refractivity contribution is -0.146. The van der Waals surface area contributed by atoms with Crippen LogP contribution in [0.15, 0.2) is 0 Å². The number of hydrogen-bond acceptors (Lipinski definition) is 6. The molecule has 0 aromatic heterocycles. The van der Waals surface area contributed by atoms with Crippen molar-refractivity contribution in [1.82, 2.24) is 15.1 Å². The summed E-state index contributed by atoms with van der Waals surface area (Å²) in [6.45, 7) is 7.30. The molecule has 0 radical (unpaired) electrons. The van der Waals surface area contributed by atoms with Gasteiger partial charge in [-0.25, -0.2) is 4.79 Å². The lowest BCUT2D eigenvalue weighted by Crippen LogP contribution is -2.53. The number of carbonyl (C=O) groups is 3. The van der Waals surface area contributed by atoms with Gasteiger partial charge in [-0.15, -0.1) is 0 Å². The fourth-order valence-electron chi connectivity index (χ4n) is 3.01. The van der Waals surface area contributed by atoms with Gasteiger partial charge in [0.05, 0.1) is 25.7 Å². The van der Waals surface area contributed by atoms with Gasteiger partial charge in [-0.2, -0.15) is 5.26 Å². The van der Waals surface area contributed by atoms with E-state index >= 15 is 0 Å². The number of amides is 3. The number of likely N-dealkylation sites (tertiary alicyclic amines) is 1. The Bertz CT molecular complexity index is 589. The molecule has 0 bridgehead atoms. The molecule has 3 amide bonds. The van der Waals surface area contributed by atoms with Crippen molar-refractivity contribution in [2.45, 2.75) is 51.3 Å². The minimum atomic E-state index is -0.837. The van der Waals surface area contributed by atoms with Crippen LogP contribution in [0.25, 0.3) is 0 Å². The maximum absolute atomic E-state index is 12.8. The quantitative estimate of drug-likeness (QED) is 0.763. The van der Waals surface area contributed by atoms with E-state index in [0.29, 0.717) is 39.3 Å². The van der Waals surface area contributed by atoms with E-state index < -0.39 is 23.8 Å². The number of hydrogen-bond donors (Lipinski definition) is 1. The number of alkyl carbamates (subject to hydrolysis) is 1. The Morgan fingerprint density at radius 1 is 1.35 bits per heavy atom. The van der Waals surface area contributed by atoms with E-state index in [1.54, 1.807) is 25.7 Å². The number of nitrogens with one attached hydrogen (secondary N) is 1. The van der Waals surface area contributed by atoms with Crippen LogP contribution in [-0.4, -0.2) is 78.2 Å². The molecule has 2 rings (SSSR count). The molecule has 1 N–H and O–H groups in total. The molecule has 2 aliphatic rings. The molecule has 0 aliphatic carbocycles. The molecule has 2 heterocycles. The maximum atomic E-state index is 12.8. The third kappa shape index (κ3) is 5.08. The number of ether oxygens (including phenoxy) is 2. The zero-order valence-electron chi connectivity index (χ0n) is 15.5. The third-order valence-electron chi connectivity index (χ3n) is 4.20. The van der Waals surface area contributed by atoms with E-state index in [0.717, 1.165) is 0 Å². The van der Waals surface area contributed by atoms with Gasteiger partial charge < -0.3 is 24.6 Å². The summed E-state index contributed by atoms with van der Waals surface area (Å²) in [5, 5.41) is 11.6. The predicted octanol–water partition coefficient (Wildman–Crippen LogP) is 0.253. The first kappa shape index (κ1) is 20.0. The van der Waals surface area contributed by atoms with Crippen molar-refractivity contribution >= 4 is 17.9 Å². The maximum Gasteiger partial charge on any atom is 0.408 e. The van der Waals surface area contributed by atoms with Gasteiger partial charge in [-0.3, -0.25) is 9.59 Å². The Labute approximate surface area is 153 Å². The van der Waals surface area contributed by atoms with Crippen molar-refractivity contribution in [3.63, 3.8) is 0 Å². The lowest BCUT2D eigenvalue weighted by Gasteiger charge is -2.33. The lowest BCUT2D eigenvalue weighted by atomic mass is 10.1.